The largest absolute Gasteiger partial charge is 0.271 e. The third-order valence-corrected chi connectivity index (χ3v) is 4.59. The highest BCUT2D eigenvalue weighted by molar-refractivity contribution is 4.91. The van der Waals surface area contributed by atoms with Crippen LogP contribution in [0.3, 0.4) is 0 Å². The Balaban J connectivity index is 1.81. The van der Waals surface area contributed by atoms with Gasteiger partial charge in [-0.15, -0.1) is 0 Å². The van der Waals surface area contributed by atoms with E-state index in [-0.39, 0.29) is 0 Å². The Hall–Kier alpha value is -0.0800. The first-order valence-electron chi connectivity index (χ1n) is 6.68. The van der Waals surface area contributed by atoms with E-state index in [9.17, 15) is 0 Å². The standard InChI is InChI=1S/C13H26N2/c1-9(2)10-3-5-11(6-4-10)13(15-14)12-7-8-12/h9-13,15H,3-8,14H2,1-2H3. The van der Waals surface area contributed by atoms with Gasteiger partial charge in [-0.3, -0.25) is 11.3 Å². The second-order valence-corrected chi connectivity index (χ2v) is 5.95. The lowest BCUT2D eigenvalue weighted by molar-refractivity contribution is 0.179. The zero-order valence-electron chi connectivity index (χ0n) is 10.2. The highest BCUT2D eigenvalue weighted by Crippen LogP contribution is 2.42. The molecule has 2 nitrogen and oxygen atoms in total. The van der Waals surface area contributed by atoms with Crippen LogP contribution in [0.15, 0.2) is 0 Å². The van der Waals surface area contributed by atoms with Crippen molar-refractivity contribution in [3.63, 3.8) is 0 Å². The summed E-state index contributed by atoms with van der Waals surface area (Å²) in [5.41, 5.74) is 3.08. The normalized spacial score (nSPS) is 34.4. The predicted octanol–water partition coefficient (Wildman–Crippen LogP) is 2.69. The minimum absolute atomic E-state index is 0.623. The van der Waals surface area contributed by atoms with Crippen LogP contribution in [0.5, 0.6) is 0 Å². The molecule has 2 saturated carbocycles. The van der Waals surface area contributed by atoms with Crippen molar-refractivity contribution in [2.75, 3.05) is 0 Å². The van der Waals surface area contributed by atoms with Crippen LogP contribution in [0.1, 0.15) is 52.4 Å². The maximum atomic E-state index is 5.69. The fourth-order valence-corrected chi connectivity index (χ4v) is 3.28. The summed E-state index contributed by atoms with van der Waals surface area (Å²) in [7, 11) is 0. The highest BCUT2D eigenvalue weighted by Gasteiger charge is 2.37. The Labute approximate surface area is 94.0 Å². The van der Waals surface area contributed by atoms with E-state index in [0.29, 0.717) is 6.04 Å². The molecule has 2 rings (SSSR count). The molecule has 0 aromatic carbocycles. The van der Waals surface area contributed by atoms with E-state index in [1.807, 2.05) is 0 Å². The third-order valence-electron chi connectivity index (χ3n) is 4.59. The minimum Gasteiger partial charge on any atom is -0.271 e. The van der Waals surface area contributed by atoms with Crippen molar-refractivity contribution < 1.29 is 0 Å². The van der Waals surface area contributed by atoms with Crippen molar-refractivity contribution in [3.8, 4) is 0 Å². The molecule has 0 radical (unpaired) electrons. The summed E-state index contributed by atoms with van der Waals surface area (Å²) >= 11 is 0. The van der Waals surface area contributed by atoms with E-state index in [4.69, 9.17) is 5.84 Å². The van der Waals surface area contributed by atoms with E-state index in [0.717, 1.165) is 23.7 Å². The van der Waals surface area contributed by atoms with Crippen molar-refractivity contribution in [3.05, 3.63) is 0 Å². The Morgan fingerprint density at radius 3 is 1.60 bits per heavy atom. The summed E-state index contributed by atoms with van der Waals surface area (Å²) < 4.78 is 0. The summed E-state index contributed by atoms with van der Waals surface area (Å²) in [4.78, 5) is 0. The number of hydrogen-bond donors (Lipinski definition) is 2. The van der Waals surface area contributed by atoms with E-state index in [1.54, 1.807) is 0 Å². The van der Waals surface area contributed by atoms with Crippen molar-refractivity contribution in [2.45, 2.75) is 58.4 Å². The smallest absolute Gasteiger partial charge is 0.0267 e. The lowest BCUT2D eigenvalue weighted by atomic mass is 9.74. The molecule has 0 saturated heterocycles. The van der Waals surface area contributed by atoms with Crippen molar-refractivity contribution in [1.29, 1.82) is 0 Å². The second-order valence-electron chi connectivity index (χ2n) is 5.95. The Bertz CT molecular complexity index is 191. The van der Waals surface area contributed by atoms with Gasteiger partial charge in [-0.2, -0.15) is 0 Å². The molecule has 2 aliphatic carbocycles. The van der Waals surface area contributed by atoms with Crippen LogP contribution >= 0.6 is 0 Å². The fraction of sp³-hybridized carbons (Fsp3) is 1.00. The third kappa shape index (κ3) is 2.73. The van der Waals surface area contributed by atoms with Crippen molar-refractivity contribution in [2.24, 2.45) is 29.5 Å². The molecule has 3 N–H and O–H groups in total. The van der Waals surface area contributed by atoms with E-state index < -0.39 is 0 Å². The molecule has 0 aromatic rings. The van der Waals surface area contributed by atoms with Crippen LogP contribution in [0, 0.1) is 23.7 Å². The molecule has 2 fully saturated rings. The van der Waals surface area contributed by atoms with Crippen LogP contribution in [0.4, 0.5) is 0 Å². The van der Waals surface area contributed by atoms with Crippen LogP contribution in [-0.4, -0.2) is 6.04 Å². The quantitative estimate of drug-likeness (QED) is 0.553. The zero-order valence-corrected chi connectivity index (χ0v) is 10.2. The first kappa shape index (κ1) is 11.4. The molecular formula is C13H26N2. The molecule has 1 atom stereocenters. The SMILES string of the molecule is CC(C)C1CCC(C(NN)C2CC2)CC1. The van der Waals surface area contributed by atoms with Gasteiger partial charge in [0.25, 0.3) is 0 Å². The summed E-state index contributed by atoms with van der Waals surface area (Å²) in [6.45, 7) is 4.73. The number of nitrogens with one attached hydrogen (secondary N) is 1. The van der Waals surface area contributed by atoms with Gasteiger partial charge in [0, 0.05) is 6.04 Å². The molecule has 0 aromatic heterocycles. The Morgan fingerprint density at radius 1 is 0.867 bits per heavy atom. The number of rotatable bonds is 4. The van der Waals surface area contributed by atoms with Gasteiger partial charge in [0.05, 0.1) is 0 Å². The summed E-state index contributed by atoms with van der Waals surface area (Å²) in [5.74, 6) is 9.29. The average molecular weight is 210 g/mol. The summed E-state index contributed by atoms with van der Waals surface area (Å²) in [5, 5.41) is 0. The molecule has 0 amide bonds. The van der Waals surface area contributed by atoms with E-state index in [1.165, 1.54) is 38.5 Å². The monoisotopic (exact) mass is 210 g/mol. The van der Waals surface area contributed by atoms with Crippen molar-refractivity contribution in [1.82, 2.24) is 5.43 Å². The maximum absolute atomic E-state index is 5.69. The Morgan fingerprint density at radius 2 is 1.27 bits per heavy atom. The minimum atomic E-state index is 0.623. The topological polar surface area (TPSA) is 38.0 Å². The van der Waals surface area contributed by atoms with Gasteiger partial charge in [-0.1, -0.05) is 13.8 Å². The second kappa shape index (κ2) is 4.84. The first-order valence-corrected chi connectivity index (χ1v) is 6.68. The molecule has 0 spiro atoms. The van der Waals surface area contributed by atoms with Gasteiger partial charge in [-0.05, 0) is 62.2 Å². The average Bonchev–Trinajstić information content (AvgIpc) is 3.04. The van der Waals surface area contributed by atoms with Crippen LogP contribution < -0.4 is 11.3 Å². The van der Waals surface area contributed by atoms with Crippen LogP contribution in [0.2, 0.25) is 0 Å². The van der Waals surface area contributed by atoms with Gasteiger partial charge in [0.2, 0.25) is 0 Å². The fourth-order valence-electron chi connectivity index (χ4n) is 3.28. The van der Waals surface area contributed by atoms with Gasteiger partial charge >= 0.3 is 0 Å². The molecule has 2 aliphatic rings. The molecule has 2 heteroatoms. The first-order chi connectivity index (χ1) is 7.22. The lowest BCUT2D eigenvalue weighted by Gasteiger charge is -2.35. The van der Waals surface area contributed by atoms with Crippen LogP contribution in [-0.2, 0) is 0 Å². The molecule has 1 unspecified atom stereocenters. The van der Waals surface area contributed by atoms with Crippen LogP contribution in [0.25, 0.3) is 0 Å². The molecule has 15 heavy (non-hydrogen) atoms. The molecule has 88 valence electrons. The zero-order chi connectivity index (χ0) is 10.8. The summed E-state index contributed by atoms with van der Waals surface area (Å²) in [6.07, 6.45) is 8.45. The number of nitrogens with two attached hydrogens (primary N) is 1. The van der Waals surface area contributed by atoms with Crippen molar-refractivity contribution >= 4 is 0 Å². The highest BCUT2D eigenvalue weighted by atomic mass is 15.2. The summed E-state index contributed by atoms with van der Waals surface area (Å²) in [6, 6.07) is 0.623. The number of hydrazine groups is 1. The lowest BCUT2D eigenvalue weighted by Crippen LogP contribution is -2.44. The van der Waals surface area contributed by atoms with Gasteiger partial charge in [0.15, 0.2) is 0 Å². The van der Waals surface area contributed by atoms with Gasteiger partial charge in [0.1, 0.15) is 0 Å². The number of hydrogen-bond acceptors (Lipinski definition) is 2. The molecule has 0 heterocycles. The van der Waals surface area contributed by atoms with E-state index in [2.05, 4.69) is 19.3 Å². The predicted molar refractivity (Wildman–Crippen MR) is 64.1 cm³/mol. The molecule has 0 aliphatic heterocycles. The van der Waals surface area contributed by atoms with Gasteiger partial charge < -0.3 is 0 Å². The molecule has 0 bridgehead atoms. The Kier molecular flexibility index (Phi) is 3.68. The van der Waals surface area contributed by atoms with E-state index >= 15 is 0 Å². The van der Waals surface area contributed by atoms with Gasteiger partial charge in [-0.25, -0.2) is 0 Å². The molecular weight excluding hydrogens is 184 g/mol. The maximum Gasteiger partial charge on any atom is 0.0267 e.